The Morgan fingerprint density at radius 3 is 1.96 bits per heavy atom. The molecule has 0 amide bonds. The minimum atomic E-state index is -2.68. The fourth-order valence-electron chi connectivity index (χ4n) is 4.31. The molecule has 0 heterocycles. The summed E-state index contributed by atoms with van der Waals surface area (Å²) in [5, 5.41) is 5.88. The van der Waals surface area contributed by atoms with E-state index in [1.807, 2.05) is 36.4 Å². The monoisotopic (exact) mass is 397 g/mol. The maximum atomic E-state index is 14.6. The molecule has 0 spiro atoms. The zero-order chi connectivity index (χ0) is 20.2. The minimum absolute atomic E-state index is 0.136. The van der Waals surface area contributed by atoms with Gasteiger partial charge >= 0.3 is 0 Å². The first-order valence-corrected chi connectivity index (χ1v) is 11.8. The number of alkyl halides is 1. The van der Waals surface area contributed by atoms with Gasteiger partial charge in [-0.25, -0.2) is 4.39 Å². The van der Waals surface area contributed by atoms with E-state index in [1.54, 1.807) is 0 Å². The van der Waals surface area contributed by atoms with Gasteiger partial charge in [-0.2, -0.15) is 0 Å². The van der Waals surface area contributed by atoms with E-state index in [9.17, 15) is 4.39 Å². The van der Waals surface area contributed by atoms with Crippen molar-refractivity contribution in [2.75, 3.05) is 0 Å². The predicted octanol–water partition coefficient (Wildman–Crippen LogP) is 5.13. The van der Waals surface area contributed by atoms with E-state index in [4.69, 9.17) is 9.96 Å². The Labute approximate surface area is 167 Å². The maximum absolute atomic E-state index is 14.6. The van der Waals surface area contributed by atoms with Crippen LogP contribution in [0.2, 0.25) is 5.04 Å². The summed E-state index contributed by atoms with van der Waals surface area (Å²) in [5.41, 5.74) is 8.66. The van der Waals surface area contributed by atoms with Crippen LogP contribution in [0.25, 0.3) is 10.4 Å². The van der Waals surface area contributed by atoms with Crippen LogP contribution in [-0.4, -0.2) is 26.6 Å². The molecule has 0 aliphatic heterocycles. The lowest BCUT2D eigenvalue weighted by Gasteiger charge is -2.46. The van der Waals surface area contributed by atoms with Crippen LogP contribution in [-0.2, 0) is 4.43 Å². The van der Waals surface area contributed by atoms with Gasteiger partial charge in [-0.05, 0) is 33.8 Å². The van der Waals surface area contributed by atoms with Crippen molar-refractivity contribution in [3.8, 4) is 0 Å². The van der Waals surface area contributed by atoms with Gasteiger partial charge in [0.05, 0.1) is 6.04 Å². The van der Waals surface area contributed by atoms with E-state index in [2.05, 4.69) is 55.1 Å². The number of hydrogen-bond donors (Lipinski definition) is 0. The Bertz CT molecular complexity index is 779. The van der Waals surface area contributed by atoms with Crippen LogP contribution < -0.4 is 10.4 Å². The van der Waals surface area contributed by atoms with Crippen molar-refractivity contribution in [1.82, 2.24) is 0 Å². The normalized spacial score (nSPS) is 23.1. The molecule has 0 aromatic heterocycles. The second kappa shape index (κ2) is 8.48. The molecule has 0 saturated heterocycles. The SMILES string of the molecule is CC(C)(C)[Si](OC1CCC(N=[N+]=[N-])C(F)C1)(c1ccccc1)c1ccccc1. The molecule has 0 N–H and O–H groups in total. The predicted molar refractivity (Wildman–Crippen MR) is 114 cm³/mol. The summed E-state index contributed by atoms with van der Waals surface area (Å²) in [6.07, 6.45) is 0.149. The fourth-order valence-corrected chi connectivity index (χ4v) is 9.04. The number of azide groups is 1. The summed E-state index contributed by atoms with van der Waals surface area (Å²) in [7, 11) is -2.68. The summed E-state index contributed by atoms with van der Waals surface area (Å²) < 4.78 is 21.6. The highest BCUT2D eigenvalue weighted by Gasteiger charge is 2.52. The summed E-state index contributed by atoms with van der Waals surface area (Å²) in [6, 6.07) is 20.2. The highest BCUT2D eigenvalue weighted by atomic mass is 28.4. The molecule has 1 aliphatic rings. The van der Waals surface area contributed by atoms with Crippen LogP contribution in [0, 0.1) is 0 Å². The Kier molecular flexibility index (Phi) is 6.23. The molecule has 3 unspecified atom stereocenters. The Hall–Kier alpha value is -2.14. The van der Waals surface area contributed by atoms with Crippen molar-refractivity contribution in [3.63, 3.8) is 0 Å². The van der Waals surface area contributed by atoms with Crippen molar-refractivity contribution in [1.29, 1.82) is 0 Å². The molecule has 4 nitrogen and oxygen atoms in total. The number of nitrogens with zero attached hydrogens (tertiary/aromatic N) is 3. The van der Waals surface area contributed by atoms with E-state index in [0.29, 0.717) is 12.8 Å². The average Bonchev–Trinajstić information content (AvgIpc) is 2.68. The topological polar surface area (TPSA) is 58.0 Å². The zero-order valence-corrected chi connectivity index (χ0v) is 17.8. The highest BCUT2D eigenvalue weighted by molar-refractivity contribution is 6.99. The molecule has 0 radical (unpaired) electrons. The van der Waals surface area contributed by atoms with Gasteiger partial charge in [0.25, 0.3) is 8.32 Å². The van der Waals surface area contributed by atoms with Crippen LogP contribution in [0.1, 0.15) is 40.0 Å². The lowest BCUT2D eigenvalue weighted by atomic mass is 9.92. The van der Waals surface area contributed by atoms with Gasteiger partial charge in [0.15, 0.2) is 0 Å². The van der Waals surface area contributed by atoms with Crippen molar-refractivity contribution in [3.05, 3.63) is 71.1 Å². The van der Waals surface area contributed by atoms with Gasteiger partial charge in [-0.15, -0.1) is 0 Å². The van der Waals surface area contributed by atoms with Crippen molar-refractivity contribution >= 4 is 18.7 Å². The molecule has 3 atom stereocenters. The third kappa shape index (κ3) is 3.99. The van der Waals surface area contributed by atoms with Gasteiger partial charge in [0.2, 0.25) is 0 Å². The molecular weight excluding hydrogens is 369 g/mol. The Morgan fingerprint density at radius 1 is 1.00 bits per heavy atom. The number of rotatable bonds is 5. The molecular formula is C22H28FN3OSi. The maximum Gasteiger partial charge on any atom is 0.261 e. The second-order valence-corrected chi connectivity index (χ2v) is 12.8. The average molecular weight is 398 g/mol. The smallest absolute Gasteiger partial charge is 0.261 e. The van der Waals surface area contributed by atoms with Crippen molar-refractivity contribution in [2.24, 2.45) is 5.11 Å². The van der Waals surface area contributed by atoms with Gasteiger partial charge in [0, 0.05) is 17.4 Å². The molecule has 2 aromatic carbocycles. The third-order valence-corrected chi connectivity index (χ3v) is 10.7. The number of benzene rings is 2. The van der Waals surface area contributed by atoms with Gasteiger partial charge in [-0.1, -0.05) is 86.5 Å². The zero-order valence-electron chi connectivity index (χ0n) is 16.8. The molecule has 148 valence electrons. The van der Waals surface area contributed by atoms with E-state index < -0.39 is 20.5 Å². The molecule has 28 heavy (non-hydrogen) atoms. The first-order valence-electron chi connectivity index (χ1n) is 9.85. The Morgan fingerprint density at radius 2 is 1.54 bits per heavy atom. The van der Waals surface area contributed by atoms with E-state index in [-0.39, 0.29) is 17.6 Å². The Balaban J connectivity index is 2.03. The third-order valence-electron chi connectivity index (χ3n) is 5.65. The number of hydrogen-bond acceptors (Lipinski definition) is 2. The largest absolute Gasteiger partial charge is 0.404 e. The van der Waals surface area contributed by atoms with Crippen molar-refractivity contribution < 1.29 is 8.82 Å². The summed E-state index contributed by atoms with van der Waals surface area (Å²) in [4.78, 5) is 2.80. The first-order chi connectivity index (χ1) is 13.4. The lowest BCUT2D eigenvalue weighted by Crippen LogP contribution is -2.68. The van der Waals surface area contributed by atoms with Crippen LogP contribution >= 0.6 is 0 Å². The van der Waals surface area contributed by atoms with Crippen molar-refractivity contribution in [2.45, 2.75) is 63.4 Å². The molecule has 1 fully saturated rings. The molecule has 1 saturated carbocycles. The van der Waals surface area contributed by atoms with Gasteiger partial charge < -0.3 is 4.43 Å². The molecule has 3 rings (SSSR count). The van der Waals surface area contributed by atoms with E-state index >= 15 is 0 Å². The van der Waals surface area contributed by atoms with Crippen LogP contribution in [0.4, 0.5) is 4.39 Å². The summed E-state index contributed by atoms with van der Waals surface area (Å²) >= 11 is 0. The van der Waals surface area contributed by atoms with Crippen LogP contribution in [0.3, 0.4) is 0 Å². The molecule has 2 aromatic rings. The fraction of sp³-hybridized carbons (Fsp3) is 0.455. The quantitative estimate of drug-likeness (QED) is 0.298. The van der Waals surface area contributed by atoms with E-state index in [1.165, 1.54) is 10.4 Å². The molecule has 0 bridgehead atoms. The van der Waals surface area contributed by atoms with Crippen LogP contribution in [0.15, 0.2) is 65.8 Å². The summed E-state index contributed by atoms with van der Waals surface area (Å²) in [5.74, 6) is 0. The second-order valence-electron chi connectivity index (χ2n) is 8.50. The van der Waals surface area contributed by atoms with Crippen LogP contribution in [0.5, 0.6) is 0 Å². The van der Waals surface area contributed by atoms with Gasteiger partial charge in [0.1, 0.15) is 6.17 Å². The first kappa shape index (κ1) is 20.6. The van der Waals surface area contributed by atoms with Gasteiger partial charge in [-0.3, -0.25) is 0 Å². The van der Waals surface area contributed by atoms with E-state index in [0.717, 1.165) is 0 Å². The highest BCUT2D eigenvalue weighted by Crippen LogP contribution is 2.39. The molecule has 6 heteroatoms. The standard InChI is InChI=1S/C22H28FN3OSi/c1-22(2,3)28(18-10-6-4-7-11-18,19-12-8-5-9-13-19)27-17-14-15-21(25-26-24)20(23)16-17/h4-13,17,20-21H,14-16H2,1-3H3. The molecule has 1 aliphatic carbocycles. The minimum Gasteiger partial charge on any atom is -0.404 e. The number of halogens is 1. The summed E-state index contributed by atoms with van der Waals surface area (Å²) in [6.45, 7) is 6.66. The lowest BCUT2D eigenvalue weighted by molar-refractivity contribution is 0.0825.